The van der Waals surface area contributed by atoms with Gasteiger partial charge < -0.3 is 9.90 Å². The minimum atomic E-state index is -1.64. The summed E-state index contributed by atoms with van der Waals surface area (Å²) in [6, 6.07) is 1.57. The number of nitriles is 1. The van der Waals surface area contributed by atoms with Gasteiger partial charge in [-0.15, -0.1) is 0 Å². The summed E-state index contributed by atoms with van der Waals surface area (Å²) in [6.45, 7) is 0. The number of halogens is 4. The van der Waals surface area contributed by atoms with Crippen molar-refractivity contribution in [2.24, 2.45) is 0 Å². The molecule has 7 heteroatoms. The molecule has 0 heterocycles. The molecule has 0 bridgehead atoms. The van der Waals surface area contributed by atoms with Crippen LogP contribution in [0.2, 0.25) is 20.1 Å². The quantitative estimate of drug-likeness (QED) is 0.588. The van der Waals surface area contributed by atoms with Crippen molar-refractivity contribution in [2.75, 3.05) is 0 Å². The van der Waals surface area contributed by atoms with E-state index in [-0.39, 0.29) is 25.7 Å². The number of hydrogen-bond acceptors (Lipinski definition) is 3. The van der Waals surface area contributed by atoms with Crippen molar-refractivity contribution in [1.29, 1.82) is 5.26 Å². The molecular weight excluding hydrogens is 284 g/mol. The third-order valence-corrected chi connectivity index (χ3v) is 3.39. The molecule has 3 nitrogen and oxygen atoms in total. The molecule has 1 aromatic rings. The minimum absolute atomic E-state index is 0.162. The van der Waals surface area contributed by atoms with Crippen LogP contribution in [0.3, 0.4) is 0 Å². The third-order valence-electron chi connectivity index (χ3n) is 1.58. The molecule has 1 aromatic carbocycles. The summed E-state index contributed by atoms with van der Waals surface area (Å²) in [5.41, 5.74) is -0.922. The zero-order valence-corrected chi connectivity index (χ0v) is 9.80. The standard InChI is InChI=1S/C8HCl4NO2/c9-4-2(1-13)3(8(14)15)5(10)7(12)6(4)11/h(H,14,15)/p-1. The second-order valence-electron chi connectivity index (χ2n) is 2.41. The highest BCUT2D eigenvalue weighted by Gasteiger charge is 2.20. The van der Waals surface area contributed by atoms with Crippen molar-refractivity contribution in [3.63, 3.8) is 0 Å². The van der Waals surface area contributed by atoms with Gasteiger partial charge in [0.2, 0.25) is 0 Å². The Morgan fingerprint density at radius 1 is 1.07 bits per heavy atom. The number of aromatic carboxylic acids is 1. The van der Waals surface area contributed by atoms with E-state index in [1.807, 2.05) is 0 Å². The van der Waals surface area contributed by atoms with Crippen molar-refractivity contribution in [1.82, 2.24) is 0 Å². The molecule has 1 rings (SSSR count). The van der Waals surface area contributed by atoms with E-state index in [4.69, 9.17) is 51.7 Å². The van der Waals surface area contributed by atoms with Crippen LogP contribution in [-0.4, -0.2) is 5.97 Å². The predicted molar refractivity (Wildman–Crippen MR) is 55.5 cm³/mol. The Kier molecular flexibility index (Phi) is 3.69. The number of carboxylic acids is 1. The highest BCUT2D eigenvalue weighted by atomic mass is 35.5. The summed E-state index contributed by atoms with van der Waals surface area (Å²) < 4.78 is 0. The van der Waals surface area contributed by atoms with Crippen molar-refractivity contribution in [3.05, 3.63) is 31.2 Å². The minimum Gasteiger partial charge on any atom is -0.545 e. The smallest absolute Gasteiger partial charge is 0.102 e. The maximum Gasteiger partial charge on any atom is 0.102 e. The second-order valence-corrected chi connectivity index (χ2v) is 3.92. The van der Waals surface area contributed by atoms with Crippen molar-refractivity contribution < 1.29 is 9.90 Å². The van der Waals surface area contributed by atoms with Crippen LogP contribution in [0.5, 0.6) is 0 Å². The van der Waals surface area contributed by atoms with Crippen LogP contribution >= 0.6 is 46.4 Å². The lowest BCUT2D eigenvalue weighted by Gasteiger charge is -2.12. The molecular formula is C8Cl4NO2-. The molecule has 0 unspecified atom stereocenters. The SMILES string of the molecule is N#Cc1c(Cl)c(Cl)c(Cl)c(Cl)c1C(=O)[O-]. The monoisotopic (exact) mass is 282 g/mol. The molecule has 0 aliphatic carbocycles. The molecule has 0 atom stereocenters. The predicted octanol–water partition coefficient (Wildman–Crippen LogP) is 2.54. The fraction of sp³-hybridized carbons (Fsp3) is 0. The lowest BCUT2D eigenvalue weighted by Crippen LogP contribution is -2.24. The maximum atomic E-state index is 10.7. The van der Waals surface area contributed by atoms with Gasteiger partial charge in [0.05, 0.1) is 31.6 Å². The Morgan fingerprint density at radius 3 is 1.93 bits per heavy atom. The van der Waals surface area contributed by atoms with Crippen LogP contribution in [-0.2, 0) is 0 Å². The summed E-state index contributed by atoms with van der Waals surface area (Å²) in [6.07, 6.45) is 0. The van der Waals surface area contributed by atoms with Crippen LogP contribution in [0.1, 0.15) is 15.9 Å². The summed E-state index contributed by atoms with van der Waals surface area (Å²) >= 11 is 22.5. The number of benzene rings is 1. The van der Waals surface area contributed by atoms with Crippen molar-refractivity contribution >= 4 is 52.4 Å². The first kappa shape index (κ1) is 12.4. The van der Waals surface area contributed by atoms with Gasteiger partial charge >= 0.3 is 0 Å². The Bertz CT molecular complexity index is 493. The molecule has 0 aliphatic heterocycles. The first-order chi connectivity index (χ1) is 6.91. The van der Waals surface area contributed by atoms with E-state index in [0.717, 1.165) is 0 Å². The van der Waals surface area contributed by atoms with Gasteiger partial charge in [-0.05, 0) is 0 Å². The normalized spacial score (nSPS) is 9.80. The van der Waals surface area contributed by atoms with E-state index in [2.05, 4.69) is 0 Å². The number of rotatable bonds is 1. The van der Waals surface area contributed by atoms with E-state index in [1.54, 1.807) is 6.07 Å². The van der Waals surface area contributed by atoms with Crippen LogP contribution in [0.25, 0.3) is 0 Å². The Hall–Kier alpha value is -0.660. The van der Waals surface area contributed by atoms with E-state index in [9.17, 15) is 9.90 Å². The Balaban J connectivity index is 3.80. The van der Waals surface area contributed by atoms with Crippen LogP contribution in [0.15, 0.2) is 0 Å². The molecule has 15 heavy (non-hydrogen) atoms. The molecule has 0 radical (unpaired) electrons. The van der Waals surface area contributed by atoms with E-state index in [0.29, 0.717) is 0 Å². The highest BCUT2D eigenvalue weighted by molar-refractivity contribution is 6.53. The molecule has 0 amide bonds. The van der Waals surface area contributed by atoms with Gasteiger partial charge in [0, 0.05) is 5.56 Å². The van der Waals surface area contributed by atoms with Gasteiger partial charge in [0.15, 0.2) is 0 Å². The van der Waals surface area contributed by atoms with Crippen molar-refractivity contribution in [2.45, 2.75) is 0 Å². The lowest BCUT2D eigenvalue weighted by atomic mass is 10.1. The zero-order valence-electron chi connectivity index (χ0n) is 6.78. The fourth-order valence-electron chi connectivity index (χ4n) is 0.928. The lowest BCUT2D eigenvalue weighted by molar-refractivity contribution is -0.255. The molecule has 0 spiro atoms. The van der Waals surface area contributed by atoms with E-state index >= 15 is 0 Å². The summed E-state index contributed by atoms with van der Waals surface area (Å²) in [5, 5.41) is 18.4. The van der Waals surface area contributed by atoms with E-state index in [1.165, 1.54) is 0 Å². The van der Waals surface area contributed by atoms with Gasteiger partial charge in [0.1, 0.15) is 6.07 Å². The molecule has 0 saturated heterocycles. The van der Waals surface area contributed by atoms with Gasteiger partial charge in [-0.1, -0.05) is 46.4 Å². The first-order valence-electron chi connectivity index (χ1n) is 3.39. The molecule has 0 saturated carbocycles. The fourth-order valence-corrected chi connectivity index (χ4v) is 1.90. The van der Waals surface area contributed by atoms with Gasteiger partial charge in [-0.2, -0.15) is 5.26 Å². The number of carbonyl (C=O) groups is 1. The summed E-state index contributed by atoms with van der Waals surface area (Å²) in [5.74, 6) is -1.64. The van der Waals surface area contributed by atoms with E-state index < -0.39 is 11.5 Å². The largest absolute Gasteiger partial charge is 0.545 e. The number of nitrogens with zero attached hydrogens (tertiary/aromatic N) is 1. The summed E-state index contributed by atoms with van der Waals surface area (Å²) in [7, 11) is 0. The molecule has 0 aromatic heterocycles. The average molecular weight is 284 g/mol. The zero-order chi connectivity index (χ0) is 11.7. The average Bonchev–Trinajstić information content (AvgIpc) is 2.19. The van der Waals surface area contributed by atoms with Crippen LogP contribution in [0.4, 0.5) is 0 Å². The summed E-state index contributed by atoms with van der Waals surface area (Å²) in [4.78, 5) is 10.7. The third kappa shape index (κ3) is 1.99. The Morgan fingerprint density at radius 2 is 1.53 bits per heavy atom. The second kappa shape index (κ2) is 4.46. The van der Waals surface area contributed by atoms with Crippen LogP contribution in [0, 0.1) is 11.3 Å². The topological polar surface area (TPSA) is 63.9 Å². The molecule has 78 valence electrons. The number of carbonyl (C=O) groups excluding carboxylic acids is 1. The van der Waals surface area contributed by atoms with Crippen molar-refractivity contribution in [3.8, 4) is 6.07 Å². The molecule has 0 aliphatic rings. The molecule has 0 fully saturated rings. The van der Waals surface area contributed by atoms with Crippen LogP contribution < -0.4 is 5.11 Å². The number of carboxylic acid groups (broad SMARTS) is 1. The maximum absolute atomic E-state index is 10.7. The first-order valence-corrected chi connectivity index (χ1v) is 4.90. The Labute approximate surface area is 105 Å². The molecule has 0 N–H and O–H groups in total. The van der Waals surface area contributed by atoms with Gasteiger partial charge in [0.25, 0.3) is 0 Å². The highest BCUT2D eigenvalue weighted by Crippen LogP contribution is 2.40. The van der Waals surface area contributed by atoms with Gasteiger partial charge in [-0.25, -0.2) is 0 Å². The van der Waals surface area contributed by atoms with Gasteiger partial charge in [-0.3, -0.25) is 0 Å². The number of hydrogen-bond donors (Lipinski definition) is 0.